The van der Waals surface area contributed by atoms with E-state index in [0.29, 0.717) is 0 Å². The van der Waals surface area contributed by atoms with Crippen molar-refractivity contribution in [3.05, 3.63) is 54.1 Å². The van der Waals surface area contributed by atoms with Gasteiger partial charge < -0.3 is 16.0 Å². The van der Waals surface area contributed by atoms with Crippen molar-refractivity contribution < 1.29 is 4.79 Å². The summed E-state index contributed by atoms with van der Waals surface area (Å²) < 4.78 is 0. The molecule has 1 aliphatic rings. The first-order valence-corrected chi connectivity index (χ1v) is 6.73. The summed E-state index contributed by atoms with van der Waals surface area (Å²) in [6, 6.07) is 15.5. The number of benzene rings is 2. The van der Waals surface area contributed by atoms with Gasteiger partial charge in [-0.05, 0) is 31.2 Å². The summed E-state index contributed by atoms with van der Waals surface area (Å²) in [5.41, 5.74) is 9.69. The van der Waals surface area contributed by atoms with Crippen LogP contribution in [0.3, 0.4) is 0 Å². The lowest BCUT2D eigenvalue weighted by Gasteiger charge is -2.24. The van der Waals surface area contributed by atoms with Crippen LogP contribution in [0.15, 0.2) is 48.5 Å². The fraction of sp³-hybridized carbons (Fsp3) is 0.188. The number of hydrogen-bond donors (Lipinski definition) is 2. The second-order valence-electron chi connectivity index (χ2n) is 4.82. The predicted octanol–water partition coefficient (Wildman–Crippen LogP) is 2.80. The minimum Gasteiger partial charge on any atom is -0.342 e. The van der Waals surface area contributed by atoms with Gasteiger partial charge in [0, 0.05) is 29.2 Å². The summed E-state index contributed by atoms with van der Waals surface area (Å²) in [5, 5.41) is 2.83. The zero-order valence-corrected chi connectivity index (χ0v) is 11.3. The molecule has 1 atom stereocenters. The van der Waals surface area contributed by atoms with Crippen LogP contribution in [-0.4, -0.2) is 12.5 Å². The molecule has 1 heterocycles. The lowest BCUT2D eigenvalue weighted by atomic mass is 10.1. The highest BCUT2D eigenvalue weighted by atomic mass is 16.2. The molecule has 102 valence electrons. The number of nitrogens with one attached hydrogen (secondary N) is 1. The third kappa shape index (κ3) is 2.04. The Morgan fingerprint density at radius 3 is 2.60 bits per heavy atom. The number of nitrogens with two attached hydrogens (primary N) is 1. The molecule has 0 aromatic heterocycles. The van der Waals surface area contributed by atoms with Crippen LogP contribution in [0.5, 0.6) is 0 Å². The van der Waals surface area contributed by atoms with Crippen LogP contribution >= 0.6 is 0 Å². The molecule has 0 bridgehead atoms. The average molecular weight is 267 g/mol. The number of amides is 1. The van der Waals surface area contributed by atoms with Crippen molar-refractivity contribution in [3.8, 4) is 0 Å². The Hall–Kier alpha value is -2.33. The molecular formula is C16H17N3O. The molecule has 0 aliphatic carbocycles. The number of rotatable bonds is 3. The lowest BCUT2D eigenvalue weighted by molar-refractivity contribution is -0.116. The zero-order chi connectivity index (χ0) is 14.1. The smallest absolute Gasteiger partial charge is 0.245 e. The molecule has 1 unspecified atom stereocenters. The molecule has 20 heavy (non-hydrogen) atoms. The standard InChI is InChI=1S/C16H17N3O/c1-2-19(11-6-4-3-5-7-11)12-8-9-13-14(10-12)18-16(20)15(13)17/h3-10,15H,2,17H2,1H3,(H,18,20). The third-order valence-electron chi connectivity index (χ3n) is 3.61. The van der Waals surface area contributed by atoms with E-state index in [2.05, 4.69) is 29.3 Å². The normalized spacial score (nSPS) is 16.7. The monoisotopic (exact) mass is 267 g/mol. The summed E-state index contributed by atoms with van der Waals surface area (Å²) in [5.74, 6) is -0.139. The second-order valence-corrected chi connectivity index (χ2v) is 4.82. The van der Waals surface area contributed by atoms with E-state index in [1.165, 1.54) is 0 Å². The Morgan fingerprint density at radius 1 is 1.15 bits per heavy atom. The van der Waals surface area contributed by atoms with E-state index in [1.54, 1.807) is 0 Å². The van der Waals surface area contributed by atoms with Crippen LogP contribution in [0.2, 0.25) is 0 Å². The molecular weight excluding hydrogens is 250 g/mol. The Kier molecular flexibility index (Phi) is 3.16. The van der Waals surface area contributed by atoms with Crippen LogP contribution in [0.4, 0.5) is 17.1 Å². The predicted molar refractivity (Wildman–Crippen MR) is 81.1 cm³/mol. The third-order valence-corrected chi connectivity index (χ3v) is 3.61. The van der Waals surface area contributed by atoms with Crippen molar-refractivity contribution in [2.45, 2.75) is 13.0 Å². The highest BCUT2D eigenvalue weighted by molar-refractivity contribution is 6.03. The first-order valence-electron chi connectivity index (χ1n) is 6.73. The number of hydrogen-bond acceptors (Lipinski definition) is 3. The van der Waals surface area contributed by atoms with Gasteiger partial charge in [0.15, 0.2) is 0 Å². The summed E-state index contributed by atoms with van der Waals surface area (Å²) in [6.07, 6.45) is 0. The van der Waals surface area contributed by atoms with Crippen LogP contribution in [0, 0.1) is 0 Å². The van der Waals surface area contributed by atoms with Gasteiger partial charge in [-0.15, -0.1) is 0 Å². The number of para-hydroxylation sites is 1. The summed E-state index contributed by atoms with van der Waals surface area (Å²) in [7, 11) is 0. The first kappa shape index (κ1) is 12.7. The molecule has 2 aromatic rings. The van der Waals surface area contributed by atoms with Gasteiger partial charge in [-0.2, -0.15) is 0 Å². The van der Waals surface area contributed by atoms with Gasteiger partial charge in [0.25, 0.3) is 0 Å². The number of anilines is 3. The zero-order valence-electron chi connectivity index (χ0n) is 11.3. The molecule has 4 nitrogen and oxygen atoms in total. The second kappa shape index (κ2) is 4.98. The van der Waals surface area contributed by atoms with Gasteiger partial charge in [-0.1, -0.05) is 24.3 Å². The van der Waals surface area contributed by atoms with Crippen LogP contribution in [0.1, 0.15) is 18.5 Å². The van der Waals surface area contributed by atoms with E-state index in [-0.39, 0.29) is 5.91 Å². The van der Waals surface area contributed by atoms with Crippen LogP contribution < -0.4 is 16.0 Å². The maximum absolute atomic E-state index is 11.6. The molecule has 3 N–H and O–H groups in total. The maximum atomic E-state index is 11.6. The Balaban J connectivity index is 1.99. The van der Waals surface area contributed by atoms with Gasteiger partial charge in [0.05, 0.1) is 0 Å². The van der Waals surface area contributed by atoms with Crippen molar-refractivity contribution in [1.29, 1.82) is 0 Å². The van der Waals surface area contributed by atoms with E-state index < -0.39 is 6.04 Å². The Morgan fingerprint density at radius 2 is 1.90 bits per heavy atom. The van der Waals surface area contributed by atoms with Crippen molar-refractivity contribution in [2.24, 2.45) is 5.73 Å². The van der Waals surface area contributed by atoms with E-state index in [1.807, 2.05) is 36.4 Å². The SMILES string of the molecule is CCN(c1ccccc1)c1ccc2c(c1)NC(=O)C2N. The number of carbonyl (C=O) groups excluding carboxylic acids is 1. The largest absolute Gasteiger partial charge is 0.342 e. The highest BCUT2D eigenvalue weighted by Crippen LogP contribution is 2.34. The average Bonchev–Trinajstić information content (AvgIpc) is 2.76. The number of carbonyl (C=O) groups is 1. The van der Waals surface area contributed by atoms with Gasteiger partial charge in [0.2, 0.25) is 5.91 Å². The molecule has 1 aliphatic heterocycles. The van der Waals surface area contributed by atoms with Crippen LogP contribution in [-0.2, 0) is 4.79 Å². The topological polar surface area (TPSA) is 58.4 Å². The maximum Gasteiger partial charge on any atom is 0.245 e. The molecule has 0 radical (unpaired) electrons. The lowest BCUT2D eigenvalue weighted by Crippen LogP contribution is -2.19. The van der Waals surface area contributed by atoms with Gasteiger partial charge >= 0.3 is 0 Å². The van der Waals surface area contributed by atoms with Crippen molar-refractivity contribution in [1.82, 2.24) is 0 Å². The van der Waals surface area contributed by atoms with Crippen molar-refractivity contribution >= 4 is 23.0 Å². The summed E-state index contributed by atoms with van der Waals surface area (Å²) in [6.45, 7) is 2.95. The summed E-state index contributed by atoms with van der Waals surface area (Å²) in [4.78, 5) is 13.8. The molecule has 0 spiro atoms. The van der Waals surface area contributed by atoms with E-state index in [9.17, 15) is 4.79 Å². The Bertz CT molecular complexity index is 639. The fourth-order valence-corrected chi connectivity index (χ4v) is 2.57. The molecule has 0 saturated carbocycles. The molecule has 3 rings (SSSR count). The molecule has 0 saturated heterocycles. The van der Waals surface area contributed by atoms with E-state index >= 15 is 0 Å². The summed E-state index contributed by atoms with van der Waals surface area (Å²) >= 11 is 0. The number of nitrogens with zero attached hydrogens (tertiary/aromatic N) is 1. The minimum atomic E-state index is -0.550. The molecule has 2 aromatic carbocycles. The van der Waals surface area contributed by atoms with Gasteiger partial charge in [0.1, 0.15) is 6.04 Å². The van der Waals surface area contributed by atoms with Crippen molar-refractivity contribution in [2.75, 3.05) is 16.8 Å². The van der Waals surface area contributed by atoms with E-state index in [4.69, 9.17) is 5.73 Å². The fourth-order valence-electron chi connectivity index (χ4n) is 2.57. The highest BCUT2D eigenvalue weighted by Gasteiger charge is 2.27. The first-order chi connectivity index (χ1) is 9.70. The van der Waals surface area contributed by atoms with E-state index in [0.717, 1.165) is 29.2 Å². The van der Waals surface area contributed by atoms with Gasteiger partial charge in [-0.3, -0.25) is 4.79 Å². The van der Waals surface area contributed by atoms with Crippen LogP contribution in [0.25, 0.3) is 0 Å². The number of fused-ring (bicyclic) bond motifs is 1. The Labute approximate surface area is 118 Å². The van der Waals surface area contributed by atoms with Crippen molar-refractivity contribution in [3.63, 3.8) is 0 Å². The molecule has 4 heteroatoms. The molecule has 1 amide bonds. The minimum absolute atomic E-state index is 0.139. The molecule has 0 fully saturated rings. The quantitative estimate of drug-likeness (QED) is 0.899. The van der Waals surface area contributed by atoms with Gasteiger partial charge in [-0.25, -0.2) is 0 Å².